The molecule has 0 aliphatic rings. The van der Waals surface area contributed by atoms with Crippen LogP contribution in [0.2, 0.25) is 10.0 Å². The van der Waals surface area contributed by atoms with E-state index in [0.717, 1.165) is 10.4 Å². The summed E-state index contributed by atoms with van der Waals surface area (Å²) >= 11 is 13.5. The lowest BCUT2D eigenvalue weighted by Crippen LogP contribution is -2.13. The van der Waals surface area contributed by atoms with E-state index in [1.54, 1.807) is 48.7 Å². The number of carbonyl (C=O) groups excluding carboxylic acids is 1. The molecule has 0 aliphatic heterocycles. The maximum Gasteiger partial charge on any atom is 0.268 e. The Bertz CT molecular complexity index is 1390. The molecule has 0 saturated carbocycles. The van der Waals surface area contributed by atoms with E-state index in [-0.39, 0.29) is 11.4 Å². The molecule has 2 heterocycles. The first-order chi connectivity index (χ1) is 15.9. The zero-order valence-corrected chi connectivity index (χ0v) is 19.1. The third-order valence-electron chi connectivity index (χ3n) is 4.54. The van der Waals surface area contributed by atoms with Crippen LogP contribution in [0.5, 0.6) is 0 Å². The summed E-state index contributed by atoms with van der Waals surface area (Å²) in [6.45, 7) is 0. The summed E-state index contributed by atoms with van der Waals surface area (Å²) < 4.78 is 18.8. The molecule has 4 aromatic rings. The largest absolute Gasteiger partial charge is 0.457 e. The fourth-order valence-electron chi connectivity index (χ4n) is 2.97. The van der Waals surface area contributed by atoms with E-state index in [2.05, 4.69) is 10.3 Å². The summed E-state index contributed by atoms with van der Waals surface area (Å²) in [6.07, 6.45) is 3.52. The Hall–Kier alpha value is -3.44. The molecule has 2 aromatic carbocycles. The van der Waals surface area contributed by atoms with Crippen molar-refractivity contribution in [3.05, 3.63) is 98.4 Å². The van der Waals surface area contributed by atoms with Crippen molar-refractivity contribution in [2.45, 2.75) is 6.42 Å². The molecule has 0 unspecified atom stereocenters. The van der Waals surface area contributed by atoms with Crippen molar-refractivity contribution in [2.75, 3.05) is 5.32 Å². The fraction of sp³-hybridized carbons (Fsp3) is 0.0417. The smallest absolute Gasteiger partial charge is 0.268 e. The Labute approximate surface area is 202 Å². The van der Waals surface area contributed by atoms with E-state index < -0.39 is 5.91 Å². The summed E-state index contributed by atoms with van der Waals surface area (Å²) in [5, 5.41) is 13.4. The van der Waals surface area contributed by atoms with E-state index in [9.17, 15) is 14.4 Å². The molecule has 0 saturated heterocycles. The summed E-state index contributed by atoms with van der Waals surface area (Å²) in [7, 11) is 0. The Kier molecular flexibility index (Phi) is 6.90. The van der Waals surface area contributed by atoms with Crippen LogP contribution in [-0.4, -0.2) is 10.9 Å². The Morgan fingerprint density at radius 3 is 2.73 bits per heavy atom. The average molecular weight is 498 g/mol. The number of hydrogen-bond donors (Lipinski definition) is 1. The number of rotatable bonds is 6. The van der Waals surface area contributed by atoms with Crippen molar-refractivity contribution in [1.29, 1.82) is 5.26 Å². The maximum atomic E-state index is 13.1. The number of halogens is 3. The van der Waals surface area contributed by atoms with Crippen molar-refractivity contribution < 1.29 is 13.6 Å². The van der Waals surface area contributed by atoms with Crippen molar-refractivity contribution in [3.8, 4) is 17.4 Å². The average Bonchev–Trinajstić information content (AvgIpc) is 3.44. The van der Waals surface area contributed by atoms with Gasteiger partial charge < -0.3 is 4.42 Å². The summed E-state index contributed by atoms with van der Waals surface area (Å²) in [4.78, 5) is 17.6. The first-order valence-corrected chi connectivity index (χ1v) is 11.2. The monoisotopic (exact) mass is 497 g/mol. The Morgan fingerprint density at radius 2 is 1.97 bits per heavy atom. The van der Waals surface area contributed by atoms with Crippen LogP contribution >= 0.6 is 34.5 Å². The van der Waals surface area contributed by atoms with Crippen LogP contribution < -0.4 is 5.32 Å². The normalized spacial score (nSPS) is 11.3. The van der Waals surface area contributed by atoms with Gasteiger partial charge in [0.25, 0.3) is 5.91 Å². The highest BCUT2D eigenvalue weighted by Gasteiger charge is 2.14. The predicted molar refractivity (Wildman–Crippen MR) is 128 cm³/mol. The van der Waals surface area contributed by atoms with Gasteiger partial charge in [-0.1, -0.05) is 35.3 Å². The van der Waals surface area contributed by atoms with Crippen molar-refractivity contribution in [3.63, 3.8) is 0 Å². The molecule has 0 spiro atoms. The van der Waals surface area contributed by atoms with Gasteiger partial charge in [-0.05, 0) is 48.0 Å². The molecule has 2 aromatic heterocycles. The second kappa shape index (κ2) is 10.0. The van der Waals surface area contributed by atoms with Crippen LogP contribution in [0.1, 0.15) is 16.2 Å². The molecule has 5 nitrogen and oxygen atoms in total. The SMILES string of the molecule is N#CC(=Cc1ccc(-c2cc(Cl)ccc2Cl)o1)C(=O)Nc1ncc(Cc2ccc(F)cc2)s1. The lowest BCUT2D eigenvalue weighted by Gasteiger charge is -2.01. The van der Waals surface area contributed by atoms with Gasteiger partial charge in [-0.25, -0.2) is 9.37 Å². The van der Waals surface area contributed by atoms with Crippen LogP contribution in [0, 0.1) is 17.1 Å². The van der Waals surface area contributed by atoms with Gasteiger partial charge in [-0.3, -0.25) is 10.1 Å². The van der Waals surface area contributed by atoms with Gasteiger partial charge in [0.05, 0.1) is 5.02 Å². The van der Waals surface area contributed by atoms with Crippen LogP contribution in [0.3, 0.4) is 0 Å². The molecule has 9 heteroatoms. The highest BCUT2D eigenvalue weighted by Crippen LogP contribution is 2.32. The highest BCUT2D eigenvalue weighted by atomic mass is 35.5. The molecule has 0 bridgehead atoms. The molecule has 33 heavy (non-hydrogen) atoms. The molecule has 164 valence electrons. The Morgan fingerprint density at radius 1 is 1.18 bits per heavy atom. The number of nitrogens with one attached hydrogen (secondary N) is 1. The van der Waals surface area contributed by atoms with Crippen molar-refractivity contribution >= 4 is 51.7 Å². The van der Waals surface area contributed by atoms with Crippen molar-refractivity contribution in [2.24, 2.45) is 0 Å². The van der Waals surface area contributed by atoms with E-state index in [1.165, 1.54) is 29.5 Å². The zero-order valence-electron chi connectivity index (χ0n) is 16.8. The number of carbonyl (C=O) groups is 1. The third kappa shape index (κ3) is 5.68. The van der Waals surface area contributed by atoms with Gasteiger partial charge in [0.1, 0.15) is 29.0 Å². The molecule has 1 N–H and O–H groups in total. The Balaban J connectivity index is 1.46. The van der Waals surface area contributed by atoms with E-state index in [0.29, 0.717) is 38.7 Å². The van der Waals surface area contributed by atoms with Crippen LogP contribution in [0.4, 0.5) is 9.52 Å². The van der Waals surface area contributed by atoms with Gasteiger partial charge in [-0.15, -0.1) is 11.3 Å². The molecule has 0 fully saturated rings. The molecule has 0 aliphatic carbocycles. The first kappa shape index (κ1) is 22.7. The van der Waals surface area contributed by atoms with Crippen LogP contribution in [0.25, 0.3) is 17.4 Å². The van der Waals surface area contributed by atoms with E-state index >= 15 is 0 Å². The van der Waals surface area contributed by atoms with E-state index in [4.69, 9.17) is 27.6 Å². The predicted octanol–water partition coefficient (Wildman–Crippen LogP) is 6.99. The lowest BCUT2D eigenvalue weighted by molar-refractivity contribution is -0.112. The van der Waals surface area contributed by atoms with Crippen molar-refractivity contribution in [1.82, 2.24) is 4.98 Å². The number of amides is 1. The number of benzene rings is 2. The minimum absolute atomic E-state index is 0.150. The minimum atomic E-state index is -0.612. The maximum absolute atomic E-state index is 13.1. The minimum Gasteiger partial charge on any atom is -0.457 e. The summed E-state index contributed by atoms with van der Waals surface area (Å²) in [6, 6.07) is 16.3. The summed E-state index contributed by atoms with van der Waals surface area (Å²) in [5.41, 5.74) is 1.37. The molecule has 0 radical (unpaired) electrons. The van der Waals surface area contributed by atoms with E-state index in [1.807, 2.05) is 6.07 Å². The molecular formula is C24H14Cl2FN3O2S. The summed E-state index contributed by atoms with van der Waals surface area (Å²) in [5.74, 6) is -0.147. The molecule has 0 atom stereocenters. The van der Waals surface area contributed by atoms with Gasteiger partial charge in [0, 0.05) is 34.2 Å². The number of anilines is 1. The molecular weight excluding hydrogens is 484 g/mol. The van der Waals surface area contributed by atoms with Gasteiger partial charge in [-0.2, -0.15) is 5.26 Å². The quantitative estimate of drug-likeness (QED) is 0.230. The lowest BCUT2D eigenvalue weighted by atomic mass is 10.1. The molecule has 1 amide bonds. The van der Waals surface area contributed by atoms with Gasteiger partial charge >= 0.3 is 0 Å². The fourth-order valence-corrected chi connectivity index (χ4v) is 4.19. The number of furan rings is 1. The van der Waals surface area contributed by atoms with Crippen LogP contribution in [0.15, 0.2) is 70.8 Å². The third-order valence-corrected chi connectivity index (χ3v) is 6.02. The second-order valence-corrected chi connectivity index (χ2v) is 8.84. The van der Waals surface area contributed by atoms with Gasteiger partial charge in [0.2, 0.25) is 0 Å². The standard InChI is InChI=1S/C24H14Cl2FN3O2S/c25-16-3-7-21(26)20(11-16)22-8-6-18(32-22)10-15(12-28)23(31)30-24-29-13-19(33-24)9-14-1-4-17(27)5-2-14/h1-8,10-11,13H,9H2,(H,29,30,31). The second-order valence-electron chi connectivity index (χ2n) is 6.89. The topological polar surface area (TPSA) is 78.9 Å². The zero-order chi connectivity index (χ0) is 23.4. The number of thiazole rings is 1. The highest BCUT2D eigenvalue weighted by molar-refractivity contribution is 7.15. The molecule has 4 rings (SSSR count). The first-order valence-electron chi connectivity index (χ1n) is 9.59. The number of hydrogen-bond acceptors (Lipinski definition) is 5. The number of nitrogens with zero attached hydrogens (tertiary/aromatic N) is 2. The van der Waals surface area contributed by atoms with Gasteiger partial charge in [0.15, 0.2) is 5.13 Å². The van der Waals surface area contributed by atoms with Crippen LogP contribution in [-0.2, 0) is 11.2 Å². The number of nitriles is 1. The number of aromatic nitrogens is 1.